The second kappa shape index (κ2) is 5.10. The third kappa shape index (κ3) is 2.24. The predicted octanol–water partition coefficient (Wildman–Crippen LogP) is 4.13. The number of hydrogen-bond donors (Lipinski definition) is 1. The summed E-state index contributed by atoms with van der Waals surface area (Å²) in [5, 5.41) is 5.53. The number of pyridine rings is 1. The molecule has 100 valence electrons. The first-order valence-corrected chi connectivity index (χ1v) is 7.37. The quantitative estimate of drug-likeness (QED) is 0.891. The van der Waals surface area contributed by atoms with Gasteiger partial charge in [0, 0.05) is 34.6 Å². The van der Waals surface area contributed by atoms with E-state index < -0.39 is 0 Å². The van der Waals surface area contributed by atoms with Crippen LogP contribution in [-0.2, 0) is 0 Å². The third-order valence-corrected chi connectivity index (χ3v) is 4.51. The van der Waals surface area contributed by atoms with Crippen molar-refractivity contribution in [2.45, 2.75) is 44.7 Å². The summed E-state index contributed by atoms with van der Waals surface area (Å²) in [7, 11) is 0. The van der Waals surface area contributed by atoms with Crippen molar-refractivity contribution < 1.29 is 0 Å². The SMILES string of the molecule is CCC1NC(C)CC1c1ccc(Cl)c2cccnc12. The van der Waals surface area contributed by atoms with Crippen LogP contribution in [0.15, 0.2) is 30.5 Å². The van der Waals surface area contributed by atoms with Crippen LogP contribution < -0.4 is 5.32 Å². The van der Waals surface area contributed by atoms with E-state index in [4.69, 9.17) is 11.6 Å². The van der Waals surface area contributed by atoms with E-state index in [9.17, 15) is 0 Å². The Hall–Kier alpha value is -1.12. The van der Waals surface area contributed by atoms with Gasteiger partial charge in [-0.1, -0.05) is 24.6 Å². The first-order chi connectivity index (χ1) is 9.20. The van der Waals surface area contributed by atoms with Gasteiger partial charge < -0.3 is 5.32 Å². The molecule has 3 rings (SSSR count). The van der Waals surface area contributed by atoms with E-state index in [1.807, 2.05) is 18.3 Å². The minimum atomic E-state index is 0.537. The zero-order chi connectivity index (χ0) is 13.4. The summed E-state index contributed by atoms with van der Waals surface area (Å²) in [6.45, 7) is 4.50. The summed E-state index contributed by atoms with van der Waals surface area (Å²) in [4.78, 5) is 4.57. The van der Waals surface area contributed by atoms with E-state index in [-0.39, 0.29) is 0 Å². The first kappa shape index (κ1) is 12.9. The zero-order valence-corrected chi connectivity index (χ0v) is 12.1. The lowest BCUT2D eigenvalue weighted by Crippen LogP contribution is -2.28. The fraction of sp³-hybridized carbons (Fsp3) is 0.438. The summed E-state index contributed by atoms with van der Waals surface area (Å²) < 4.78 is 0. The molecule has 0 radical (unpaired) electrons. The highest BCUT2D eigenvalue weighted by Gasteiger charge is 2.32. The Morgan fingerprint density at radius 1 is 1.37 bits per heavy atom. The van der Waals surface area contributed by atoms with Crippen LogP contribution in [0.2, 0.25) is 5.02 Å². The van der Waals surface area contributed by atoms with Gasteiger partial charge in [0.05, 0.1) is 5.52 Å². The number of fused-ring (bicyclic) bond motifs is 1. The molecule has 2 aromatic rings. The number of rotatable bonds is 2. The molecular formula is C16H19ClN2. The highest BCUT2D eigenvalue weighted by atomic mass is 35.5. The van der Waals surface area contributed by atoms with Gasteiger partial charge in [-0.15, -0.1) is 0 Å². The van der Waals surface area contributed by atoms with Crippen LogP contribution in [0.5, 0.6) is 0 Å². The molecule has 3 atom stereocenters. The summed E-state index contributed by atoms with van der Waals surface area (Å²) in [6.07, 6.45) is 4.17. The molecule has 2 heterocycles. The second-order valence-electron chi connectivity index (χ2n) is 5.46. The van der Waals surface area contributed by atoms with Crippen LogP contribution in [0.4, 0.5) is 0 Å². The van der Waals surface area contributed by atoms with Crippen molar-refractivity contribution in [3.8, 4) is 0 Å². The van der Waals surface area contributed by atoms with Gasteiger partial charge in [-0.2, -0.15) is 0 Å². The molecule has 3 unspecified atom stereocenters. The normalized spacial score (nSPS) is 27.0. The lowest BCUT2D eigenvalue weighted by molar-refractivity contribution is 0.518. The lowest BCUT2D eigenvalue weighted by Gasteiger charge is -2.19. The Morgan fingerprint density at radius 3 is 3.00 bits per heavy atom. The average Bonchev–Trinajstić information content (AvgIpc) is 2.80. The largest absolute Gasteiger partial charge is 0.311 e. The predicted molar refractivity (Wildman–Crippen MR) is 80.8 cm³/mol. The molecule has 3 heteroatoms. The van der Waals surface area contributed by atoms with Crippen molar-refractivity contribution in [3.63, 3.8) is 0 Å². The molecule has 1 aliphatic heterocycles. The van der Waals surface area contributed by atoms with Gasteiger partial charge in [0.1, 0.15) is 0 Å². The highest BCUT2D eigenvalue weighted by molar-refractivity contribution is 6.35. The molecule has 1 saturated heterocycles. The topological polar surface area (TPSA) is 24.9 Å². The van der Waals surface area contributed by atoms with E-state index in [0.717, 1.165) is 22.3 Å². The molecule has 1 fully saturated rings. The van der Waals surface area contributed by atoms with Crippen LogP contribution in [0, 0.1) is 0 Å². The van der Waals surface area contributed by atoms with E-state index in [2.05, 4.69) is 36.3 Å². The molecule has 1 N–H and O–H groups in total. The molecule has 0 amide bonds. The maximum Gasteiger partial charge on any atom is 0.0752 e. The molecule has 0 saturated carbocycles. The van der Waals surface area contributed by atoms with E-state index >= 15 is 0 Å². The van der Waals surface area contributed by atoms with Gasteiger partial charge in [-0.25, -0.2) is 0 Å². The minimum absolute atomic E-state index is 0.537. The molecule has 0 bridgehead atoms. The molecule has 0 aliphatic carbocycles. The van der Waals surface area contributed by atoms with Crippen molar-refractivity contribution in [1.29, 1.82) is 0 Å². The third-order valence-electron chi connectivity index (χ3n) is 4.18. The number of hydrogen-bond acceptors (Lipinski definition) is 2. The molecule has 2 nitrogen and oxygen atoms in total. The number of benzene rings is 1. The molecule has 19 heavy (non-hydrogen) atoms. The Labute approximate surface area is 119 Å². The first-order valence-electron chi connectivity index (χ1n) is 7.00. The molecule has 1 aromatic carbocycles. The molecular weight excluding hydrogens is 256 g/mol. The van der Waals surface area contributed by atoms with Crippen LogP contribution in [-0.4, -0.2) is 17.1 Å². The number of nitrogens with one attached hydrogen (secondary N) is 1. The number of nitrogens with zero attached hydrogens (tertiary/aromatic N) is 1. The standard InChI is InChI=1S/C16H19ClN2/c1-3-15-13(9-10(2)19-15)11-6-7-14(17)12-5-4-8-18-16(11)12/h4-8,10,13,15,19H,3,9H2,1-2H3. The van der Waals surface area contributed by atoms with Crippen LogP contribution >= 0.6 is 11.6 Å². The average molecular weight is 275 g/mol. The van der Waals surface area contributed by atoms with Crippen molar-refractivity contribution in [2.24, 2.45) is 0 Å². The van der Waals surface area contributed by atoms with Crippen LogP contribution in [0.25, 0.3) is 10.9 Å². The minimum Gasteiger partial charge on any atom is -0.311 e. The smallest absolute Gasteiger partial charge is 0.0752 e. The second-order valence-corrected chi connectivity index (χ2v) is 5.87. The van der Waals surface area contributed by atoms with E-state index in [1.165, 1.54) is 12.0 Å². The fourth-order valence-electron chi connectivity index (χ4n) is 3.30. The van der Waals surface area contributed by atoms with Gasteiger partial charge >= 0.3 is 0 Å². The van der Waals surface area contributed by atoms with Gasteiger partial charge in [0.25, 0.3) is 0 Å². The van der Waals surface area contributed by atoms with Crippen molar-refractivity contribution in [1.82, 2.24) is 10.3 Å². The molecule has 0 spiro atoms. The highest BCUT2D eigenvalue weighted by Crippen LogP contribution is 2.37. The van der Waals surface area contributed by atoms with E-state index in [1.54, 1.807) is 0 Å². The maximum atomic E-state index is 6.28. The Balaban J connectivity index is 2.13. The van der Waals surface area contributed by atoms with Crippen molar-refractivity contribution in [2.75, 3.05) is 0 Å². The van der Waals surface area contributed by atoms with Crippen molar-refractivity contribution in [3.05, 3.63) is 41.0 Å². The van der Waals surface area contributed by atoms with Crippen molar-refractivity contribution >= 4 is 22.5 Å². The monoisotopic (exact) mass is 274 g/mol. The Kier molecular flexibility index (Phi) is 3.46. The van der Waals surface area contributed by atoms with Crippen LogP contribution in [0.1, 0.15) is 38.2 Å². The van der Waals surface area contributed by atoms with Gasteiger partial charge in [-0.3, -0.25) is 4.98 Å². The molecule has 1 aliphatic rings. The maximum absolute atomic E-state index is 6.28. The number of aromatic nitrogens is 1. The fourth-order valence-corrected chi connectivity index (χ4v) is 3.52. The van der Waals surface area contributed by atoms with Crippen LogP contribution in [0.3, 0.4) is 0 Å². The zero-order valence-electron chi connectivity index (χ0n) is 11.4. The summed E-state index contributed by atoms with van der Waals surface area (Å²) in [5.74, 6) is 0.537. The lowest BCUT2D eigenvalue weighted by atomic mass is 9.88. The van der Waals surface area contributed by atoms with Gasteiger partial charge in [0.15, 0.2) is 0 Å². The van der Waals surface area contributed by atoms with Gasteiger partial charge in [0.2, 0.25) is 0 Å². The van der Waals surface area contributed by atoms with E-state index in [0.29, 0.717) is 18.0 Å². The summed E-state index contributed by atoms with van der Waals surface area (Å²) >= 11 is 6.28. The summed E-state index contributed by atoms with van der Waals surface area (Å²) in [6, 6.07) is 9.29. The number of halogens is 1. The molecule has 1 aromatic heterocycles. The Morgan fingerprint density at radius 2 is 2.21 bits per heavy atom. The summed E-state index contributed by atoms with van der Waals surface area (Å²) in [5.41, 5.74) is 2.40. The Bertz CT molecular complexity index is 596. The van der Waals surface area contributed by atoms with Gasteiger partial charge in [-0.05, 0) is 43.5 Å².